The third-order valence-electron chi connectivity index (χ3n) is 2.40. The van der Waals surface area contributed by atoms with Gasteiger partial charge in [0.15, 0.2) is 0 Å². The molecular formula is C11H8F3N3O2. The Bertz CT molecular complexity index is 628. The molecule has 1 aromatic heterocycles. The van der Waals surface area contributed by atoms with Crippen LogP contribution in [-0.4, -0.2) is 27.8 Å². The molecule has 5 nitrogen and oxygen atoms in total. The number of hydrogen-bond acceptors (Lipinski definition) is 4. The summed E-state index contributed by atoms with van der Waals surface area (Å²) in [6, 6.07) is 3.00. The van der Waals surface area contributed by atoms with Crippen LogP contribution >= 0.6 is 0 Å². The first-order valence-corrected chi connectivity index (χ1v) is 5.16. The number of carbonyl (C=O) groups is 1. The zero-order chi connectivity index (χ0) is 14.0. The van der Waals surface area contributed by atoms with E-state index in [1.54, 1.807) is 0 Å². The molecule has 0 saturated heterocycles. The van der Waals surface area contributed by atoms with Gasteiger partial charge in [0.1, 0.15) is 6.54 Å². The quantitative estimate of drug-likeness (QED) is 0.894. The molecule has 1 aromatic carbocycles. The van der Waals surface area contributed by atoms with Gasteiger partial charge in [0.25, 0.3) is 0 Å². The number of halogens is 3. The molecule has 1 heterocycles. The average Bonchev–Trinajstić information content (AvgIpc) is 2.34. The summed E-state index contributed by atoms with van der Waals surface area (Å²) in [5, 5.41) is 18.5. The number of benzene rings is 1. The Balaban J connectivity index is 2.49. The predicted molar refractivity (Wildman–Crippen MR) is 60.7 cm³/mol. The third kappa shape index (κ3) is 2.90. The van der Waals surface area contributed by atoms with E-state index in [2.05, 4.69) is 15.5 Å². The largest absolute Gasteiger partial charge is 0.480 e. The van der Waals surface area contributed by atoms with Crippen LogP contribution in [0.4, 0.5) is 18.9 Å². The highest BCUT2D eigenvalue weighted by molar-refractivity contribution is 5.92. The van der Waals surface area contributed by atoms with E-state index in [9.17, 15) is 18.0 Å². The molecule has 2 N–H and O–H groups in total. The summed E-state index contributed by atoms with van der Waals surface area (Å²) in [6.45, 7) is -0.420. The lowest BCUT2D eigenvalue weighted by molar-refractivity contribution is -0.137. The summed E-state index contributed by atoms with van der Waals surface area (Å²) in [4.78, 5) is 10.5. The second kappa shape index (κ2) is 4.71. The number of carboxylic acids is 1. The van der Waals surface area contributed by atoms with Gasteiger partial charge >= 0.3 is 12.1 Å². The number of anilines is 1. The Hall–Kier alpha value is -2.38. The molecule has 0 spiro atoms. The van der Waals surface area contributed by atoms with Crippen molar-refractivity contribution in [3.05, 3.63) is 30.0 Å². The van der Waals surface area contributed by atoms with Gasteiger partial charge < -0.3 is 10.4 Å². The van der Waals surface area contributed by atoms with E-state index < -0.39 is 24.3 Å². The number of nitrogens with zero attached hydrogens (tertiary/aromatic N) is 2. The summed E-state index contributed by atoms with van der Waals surface area (Å²) in [7, 11) is 0. The summed E-state index contributed by atoms with van der Waals surface area (Å²) in [6.07, 6.45) is -3.28. The van der Waals surface area contributed by atoms with E-state index in [1.165, 1.54) is 12.3 Å². The van der Waals surface area contributed by atoms with Crippen molar-refractivity contribution < 1.29 is 23.1 Å². The van der Waals surface area contributed by atoms with E-state index in [-0.39, 0.29) is 16.6 Å². The molecule has 0 atom stereocenters. The molecule has 0 saturated carbocycles. The first-order valence-electron chi connectivity index (χ1n) is 5.16. The van der Waals surface area contributed by atoms with Crippen LogP contribution in [0.5, 0.6) is 0 Å². The van der Waals surface area contributed by atoms with Gasteiger partial charge in [0.05, 0.1) is 23.0 Å². The predicted octanol–water partition coefficient (Wildman–Crippen LogP) is 2.15. The molecule has 0 aliphatic carbocycles. The van der Waals surface area contributed by atoms with Crippen LogP contribution in [0.25, 0.3) is 10.9 Å². The molecule has 2 rings (SSSR count). The molecule has 0 amide bonds. The fourth-order valence-corrected chi connectivity index (χ4v) is 1.55. The minimum absolute atomic E-state index is 0.172. The number of rotatable bonds is 3. The summed E-state index contributed by atoms with van der Waals surface area (Å²) in [5.41, 5.74) is -0.381. The van der Waals surface area contributed by atoms with Gasteiger partial charge in [-0.1, -0.05) is 0 Å². The molecule has 8 heteroatoms. The summed E-state index contributed by atoms with van der Waals surface area (Å²) >= 11 is 0. The Morgan fingerprint density at radius 3 is 2.74 bits per heavy atom. The summed E-state index contributed by atoms with van der Waals surface area (Å²) < 4.78 is 37.8. The lowest BCUT2D eigenvalue weighted by Crippen LogP contribution is -2.13. The molecule has 0 unspecified atom stereocenters. The highest BCUT2D eigenvalue weighted by atomic mass is 19.4. The minimum atomic E-state index is -4.47. The molecule has 0 aliphatic heterocycles. The monoisotopic (exact) mass is 271 g/mol. The molecule has 100 valence electrons. The van der Waals surface area contributed by atoms with Gasteiger partial charge in [-0.05, 0) is 18.2 Å². The van der Waals surface area contributed by atoms with E-state index in [0.717, 1.165) is 12.1 Å². The SMILES string of the molecule is O=C(O)CNc1cnnc2ccc(C(F)(F)F)cc12. The van der Waals surface area contributed by atoms with Crippen LogP contribution in [-0.2, 0) is 11.0 Å². The zero-order valence-electron chi connectivity index (χ0n) is 9.40. The van der Waals surface area contributed by atoms with Crippen molar-refractivity contribution in [2.75, 3.05) is 11.9 Å². The van der Waals surface area contributed by atoms with Crippen molar-refractivity contribution >= 4 is 22.6 Å². The van der Waals surface area contributed by atoms with Gasteiger partial charge in [-0.15, -0.1) is 0 Å². The average molecular weight is 271 g/mol. The van der Waals surface area contributed by atoms with Crippen LogP contribution in [0, 0.1) is 0 Å². The lowest BCUT2D eigenvalue weighted by atomic mass is 10.1. The van der Waals surface area contributed by atoms with Crippen molar-refractivity contribution in [2.45, 2.75) is 6.18 Å². The maximum Gasteiger partial charge on any atom is 0.416 e. The van der Waals surface area contributed by atoms with E-state index in [4.69, 9.17) is 5.11 Å². The number of fused-ring (bicyclic) bond motifs is 1. The molecular weight excluding hydrogens is 263 g/mol. The molecule has 0 fully saturated rings. The van der Waals surface area contributed by atoms with Crippen LogP contribution in [0.15, 0.2) is 24.4 Å². The third-order valence-corrected chi connectivity index (χ3v) is 2.40. The molecule has 2 aromatic rings. The Morgan fingerprint density at radius 2 is 2.11 bits per heavy atom. The second-order valence-electron chi connectivity index (χ2n) is 3.74. The van der Waals surface area contributed by atoms with E-state index in [0.29, 0.717) is 0 Å². The zero-order valence-corrected chi connectivity index (χ0v) is 9.40. The van der Waals surface area contributed by atoms with Crippen LogP contribution in [0.2, 0.25) is 0 Å². The second-order valence-corrected chi connectivity index (χ2v) is 3.74. The van der Waals surface area contributed by atoms with Crippen molar-refractivity contribution in [1.82, 2.24) is 10.2 Å². The topological polar surface area (TPSA) is 75.1 Å². The maximum absolute atomic E-state index is 12.6. The van der Waals surface area contributed by atoms with Gasteiger partial charge in [0, 0.05) is 5.39 Å². The van der Waals surface area contributed by atoms with Crippen molar-refractivity contribution in [1.29, 1.82) is 0 Å². The molecule has 0 bridgehead atoms. The number of nitrogens with one attached hydrogen (secondary N) is 1. The smallest absolute Gasteiger partial charge is 0.416 e. The van der Waals surface area contributed by atoms with Gasteiger partial charge in [-0.3, -0.25) is 4.79 Å². The Morgan fingerprint density at radius 1 is 1.37 bits per heavy atom. The number of alkyl halides is 3. The Labute approximate surface area is 105 Å². The van der Waals surface area contributed by atoms with Crippen LogP contribution in [0.3, 0.4) is 0 Å². The standard InChI is InChI=1S/C11H8F3N3O2/c12-11(13,14)6-1-2-8-7(3-6)9(4-16-17-8)15-5-10(18)19/h1-4H,5H2,(H,15,17)(H,18,19). The van der Waals surface area contributed by atoms with Crippen molar-refractivity contribution in [3.8, 4) is 0 Å². The highest BCUT2D eigenvalue weighted by Crippen LogP contribution is 2.32. The number of carboxylic acid groups (broad SMARTS) is 1. The number of aliphatic carboxylic acids is 1. The molecule has 0 aliphatic rings. The van der Waals surface area contributed by atoms with Gasteiger partial charge in [-0.2, -0.15) is 23.4 Å². The first kappa shape index (κ1) is 13.1. The van der Waals surface area contributed by atoms with Crippen LogP contribution in [0.1, 0.15) is 5.56 Å². The van der Waals surface area contributed by atoms with Crippen molar-refractivity contribution in [2.24, 2.45) is 0 Å². The first-order chi connectivity index (χ1) is 8.88. The molecule has 19 heavy (non-hydrogen) atoms. The van der Waals surface area contributed by atoms with Gasteiger partial charge in [0.2, 0.25) is 0 Å². The fourth-order valence-electron chi connectivity index (χ4n) is 1.55. The highest BCUT2D eigenvalue weighted by Gasteiger charge is 2.30. The van der Waals surface area contributed by atoms with E-state index in [1.807, 2.05) is 0 Å². The maximum atomic E-state index is 12.6. The molecule has 0 radical (unpaired) electrons. The van der Waals surface area contributed by atoms with Crippen LogP contribution < -0.4 is 5.32 Å². The Kier molecular flexibility index (Phi) is 3.24. The van der Waals surface area contributed by atoms with Crippen molar-refractivity contribution in [3.63, 3.8) is 0 Å². The summed E-state index contributed by atoms with van der Waals surface area (Å²) in [5.74, 6) is -1.13. The number of aromatic nitrogens is 2. The lowest BCUT2D eigenvalue weighted by Gasteiger charge is -2.10. The minimum Gasteiger partial charge on any atom is -0.480 e. The van der Waals surface area contributed by atoms with Gasteiger partial charge in [-0.25, -0.2) is 0 Å². The number of hydrogen-bond donors (Lipinski definition) is 2. The normalized spacial score (nSPS) is 11.5. The van der Waals surface area contributed by atoms with E-state index >= 15 is 0 Å². The fraction of sp³-hybridized carbons (Fsp3) is 0.182.